The number of aromatic amines is 1. The molecule has 5 heteroatoms. The second-order valence-corrected chi connectivity index (χ2v) is 5.19. The third-order valence-corrected chi connectivity index (χ3v) is 4.09. The summed E-state index contributed by atoms with van der Waals surface area (Å²) in [5, 5.41) is 14.8. The van der Waals surface area contributed by atoms with Gasteiger partial charge < -0.3 is 10.6 Å². The first-order valence-electron chi connectivity index (χ1n) is 6.25. The van der Waals surface area contributed by atoms with Gasteiger partial charge in [-0.05, 0) is 12.5 Å². The summed E-state index contributed by atoms with van der Waals surface area (Å²) in [6, 6.07) is 8.18. The minimum Gasteiger partial charge on any atom is -0.310 e. The normalized spacial score (nSPS) is 30.1. The van der Waals surface area contributed by atoms with Crippen LogP contribution in [0.3, 0.4) is 0 Å². The maximum Gasteiger partial charge on any atom is 0.205 e. The van der Waals surface area contributed by atoms with Gasteiger partial charge in [0, 0.05) is 24.5 Å². The lowest BCUT2D eigenvalue weighted by atomic mass is 9.91. The van der Waals surface area contributed by atoms with Crippen molar-refractivity contribution in [3.8, 4) is 0 Å². The van der Waals surface area contributed by atoms with E-state index in [2.05, 4.69) is 20.8 Å². The van der Waals surface area contributed by atoms with Crippen LogP contribution in [0.4, 0.5) is 0 Å². The van der Waals surface area contributed by atoms with Crippen molar-refractivity contribution in [2.75, 3.05) is 13.1 Å². The topological polar surface area (TPSA) is 69.8 Å². The Morgan fingerprint density at radius 1 is 1.39 bits per heavy atom. The molecule has 3 heterocycles. The van der Waals surface area contributed by atoms with Crippen molar-refractivity contribution in [2.24, 2.45) is 0 Å². The molecule has 0 aliphatic carbocycles. The van der Waals surface area contributed by atoms with Gasteiger partial charge in [-0.2, -0.15) is 5.10 Å². The number of carbonyl (C=O) groups excluding carboxylic acids is 1. The number of aromatic nitrogens is 2. The zero-order valence-electron chi connectivity index (χ0n) is 9.86. The van der Waals surface area contributed by atoms with Gasteiger partial charge >= 0.3 is 0 Å². The summed E-state index contributed by atoms with van der Waals surface area (Å²) in [5.41, 5.74) is 1.03. The van der Waals surface area contributed by atoms with Crippen LogP contribution in [0.15, 0.2) is 24.3 Å². The summed E-state index contributed by atoms with van der Waals surface area (Å²) in [4.78, 5) is 12.7. The van der Waals surface area contributed by atoms with E-state index in [9.17, 15) is 4.79 Å². The molecule has 0 unspecified atom stereocenters. The molecular weight excluding hydrogens is 228 g/mol. The molecule has 0 amide bonds. The van der Waals surface area contributed by atoms with Gasteiger partial charge in [-0.25, -0.2) is 0 Å². The maximum absolute atomic E-state index is 12.7. The second kappa shape index (κ2) is 3.40. The molecule has 92 valence electrons. The number of H-pyrrole nitrogens is 1. The number of hydrogen-bond acceptors (Lipinski definition) is 4. The van der Waals surface area contributed by atoms with Crippen molar-refractivity contribution in [2.45, 2.75) is 18.0 Å². The van der Waals surface area contributed by atoms with Crippen LogP contribution >= 0.6 is 0 Å². The van der Waals surface area contributed by atoms with Gasteiger partial charge in [-0.3, -0.25) is 9.89 Å². The third-order valence-electron chi connectivity index (χ3n) is 4.09. The van der Waals surface area contributed by atoms with Crippen LogP contribution in [-0.2, 0) is 0 Å². The minimum atomic E-state index is -0.442. The number of rotatable bonds is 2. The van der Waals surface area contributed by atoms with Crippen LogP contribution in [0.1, 0.15) is 16.9 Å². The van der Waals surface area contributed by atoms with Crippen molar-refractivity contribution in [3.63, 3.8) is 0 Å². The van der Waals surface area contributed by atoms with Crippen molar-refractivity contribution >= 4 is 16.7 Å². The SMILES string of the molecule is O=C(c1n[nH]c2ccccc12)[C@]12CN[C@H](CN1)C2. The molecule has 1 aromatic carbocycles. The van der Waals surface area contributed by atoms with E-state index in [0.717, 1.165) is 23.9 Å². The molecule has 2 bridgehead atoms. The quantitative estimate of drug-likeness (QED) is 0.669. The Kier molecular flexibility index (Phi) is 1.93. The molecule has 1 aromatic heterocycles. The number of piperazine rings is 1. The molecule has 2 aliphatic heterocycles. The minimum absolute atomic E-state index is 0.104. The largest absolute Gasteiger partial charge is 0.310 e. The lowest BCUT2D eigenvalue weighted by molar-refractivity contribution is 0.0876. The van der Waals surface area contributed by atoms with Crippen molar-refractivity contribution < 1.29 is 4.79 Å². The Labute approximate surface area is 104 Å². The van der Waals surface area contributed by atoms with Crippen LogP contribution in [0.25, 0.3) is 10.9 Å². The van der Waals surface area contributed by atoms with E-state index in [-0.39, 0.29) is 5.78 Å². The van der Waals surface area contributed by atoms with Crippen LogP contribution in [0.2, 0.25) is 0 Å². The first-order valence-corrected chi connectivity index (χ1v) is 6.25. The van der Waals surface area contributed by atoms with E-state index >= 15 is 0 Å². The molecule has 18 heavy (non-hydrogen) atoms. The number of ketones is 1. The maximum atomic E-state index is 12.7. The molecule has 2 saturated heterocycles. The first kappa shape index (κ1) is 10.2. The predicted octanol–water partition coefficient (Wildman–Crippen LogP) is 0.449. The number of nitrogens with zero attached hydrogens (tertiary/aromatic N) is 1. The molecule has 4 rings (SSSR count). The summed E-state index contributed by atoms with van der Waals surface area (Å²) in [7, 11) is 0. The predicted molar refractivity (Wildman–Crippen MR) is 67.6 cm³/mol. The lowest BCUT2D eigenvalue weighted by Gasteiger charge is -2.25. The van der Waals surface area contributed by atoms with Crippen LogP contribution in [0.5, 0.6) is 0 Å². The van der Waals surface area contributed by atoms with Gasteiger partial charge in [0.15, 0.2) is 0 Å². The molecule has 2 fully saturated rings. The molecule has 0 radical (unpaired) electrons. The van der Waals surface area contributed by atoms with Crippen LogP contribution < -0.4 is 10.6 Å². The van der Waals surface area contributed by atoms with Crippen molar-refractivity contribution in [1.82, 2.24) is 20.8 Å². The van der Waals surface area contributed by atoms with Crippen LogP contribution in [0, 0.1) is 0 Å². The average molecular weight is 242 g/mol. The van der Waals surface area contributed by atoms with Gasteiger partial charge in [-0.1, -0.05) is 18.2 Å². The molecule has 2 aromatic rings. The van der Waals surface area contributed by atoms with E-state index < -0.39 is 5.54 Å². The fraction of sp³-hybridized carbons (Fsp3) is 0.385. The first-order chi connectivity index (χ1) is 8.78. The molecule has 3 N–H and O–H groups in total. The zero-order valence-corrected chi connectivity index (χ0v) is 9.86. The Morgan fingerprint density at radius 3 is 3.00 bits per heavy atom. The Morgan fingerprint density at radius 2 is 2.28 bits per heavy atom. The number of nitrogens with one attached hydrogen (secondary N) is 3. The molecule has 0 saturated carbocycles. The highest BCUT2D eigenvalue weighted by Gasteiger charge is 2.50. The van der Waals surface area contributed by atoms with Crippen LogP contribution in [-0.4, -0.2) is 40.7 Å². The number of Topliss-reactive ketones (excluding diaryl/α,β-unsaturated/α-hetero) is 1. The molecule has 0 spiro atoms. The highest BCUT2D eigenvalue weighted by molar-refractivity contribution is 6.11. The highest BCUT2D eigenvalue weighted by Crippen LogP contribution is 2.30. The van der Waals surface area contributed by atoms with E-state index in [1.807, 2.05) is 24.3 Å². The smallest absolute Gasteiger partial charge is 0.205 e. The third kappa shape index (κ3) is 1.23. The van der Waals surface area contributed by atoms with E-state index in [1.54, 1.807) is 0 Å². The summed E-state index contributed by atoms with van der Waals surface area (Å²) >= 11 is 0. The lowest BCUT2D eigenvalue weighted by Crippen LogP contribution is -2.55. The average Bonchev–Trinajstić information content (AvgIpc) is 3.12. The van der Waals surface area contributed by atoms with E-state index in [4.69, 9.17) is 0 Å². The Balaban J connectivity index is 1.81. The van der Waals surface area contributed by atoms with Gasteiger partial charge in [-0.15, -0.1) is 0 Å². The van der Waals surface area contributed by atoms with E-state index in [0.29, 0.717) is 18.3 Å². The van der Waals surface area contributed by atoms with Gasteiger partial charge in [0.2, 0.25) is 5.78 Å². The second-order valence-electron chi connectivity index (χ2n) is 5.19. The highest BCUT2D eigenvalue weighted by atomic mass is 16.1. The van der Waals surface area contributed by atoms with Crippen molar-refractivity contribution in [1.29, 1.82) is 0 Å². The number of hydrogen-bond donors (Lipinski definition) is 3. The monoisotopic (exact) mass is 242 g/mol. The number of benzene rings is 1. The van der Waals surface area contributed by atoms with Gasteiger partial charge in [0.25, 0.3) is 0 Å². The summed E-state index contributed by atoms with van der Waals surface area (Å²) in [6.45, 7) is 1.58. The zero-order chi connectivity index (χ0) is 12.2. The summed E-state index contributed by atoms with van der Waals surface area (Å²) in [5.74, 6) is 0.104. The molecule has 5 nitrogen and oxygen atoms in total. The van der Waals surface area contributed by atoms with Crippen molar-refractivity contribution in [3.05, 3.63) is 30.0 Å². The summed E-state index contributed by atoms with van der Waals surface area (Å²) < 4.78 is 0. The van der Waals surface area contributed by atoms with Gasteiger partial charge in [0.05, 0.1) is 11.1 Å². The summed E-state index contributed by atoms with van der Waals surface area (Å²) in [6.07, 6.45) is 0.868. The Hall–Kier alpha value is -1.72. The standard InChI is InChI=1S/C13H14N4O/c18-12(13-5-8(6-15-13)14-7-13)11-9-3-1-2-4-10(9)16-17-11/h1-4,8,14-15H,5-7H2,(H,16,17)/t8-,13-/m0/s1. The number of fused-ring (bicyclic) bond motifs is 3. The van der Waals surface area contributed by atoms with E-state index in [1.165, 1.54) is 0 Å². The fourth-order valence-corrected chi connectivity index (χ4v) is 3.10. The fourth-order valence-electron chi connectivity index (χ4n) is 3.10. The molecule has 2 atom stereocenters. The molecule has 2 aliphatic rings. The van der Waals surface area contributed by atoms with Gasteiger partial charge in [0.1, 0.15) is 5.69 Å². The molecular formula is C13H14N4O. The number of para-hydroxylation sites is 1. The Bertz CT molecular complexity index is 625. The number of carbonyl (C=O) groups is 1.